The average Bonchev–Trinajstić information content (AvgIpc) is 2.30. The molecule has 58 valence electrons. The van der Waals surface area contributed by atoms with Crippen molar-refractivity contribution < 1.29 is 4.79 Å². The van der Waals surface area contributed by atoms with Crippen LogP contribution in [0.15, 0.2) is 29.2 Å². The lowest BCUT2D eigenvalue weighted by Gasteiger charge is -2.01. The van der Waals surface area contributed by atoms with Crippen molar-refractivity contribution in [2.75, 3.05) is 0 Å². The van der Waals surface area contributed by atoms with Gasteiger partial charge in [0.25, 0.3) is 5.91 Å². The third-order valence-corrected chi connectivity index (χ3v) is 1.09. The fraction of sp³-hybridized carbons (Fsp3) is 0. The Balaban J connectivity index is 2.72. The summed E-state index contributed by atoms with van der Waals surface area (Å²) in [5.41, 5.74) is 2.30. The number of nitrogens with two attached hydrogens (primary N) is 1. The van der Waals surface area contributed by atoms with Crippen LogP contribution < -0.4 is 16.6 Å². The SMILES string of the molecule is NNC(=O)C1=CN=CC=CN1. The molecule has 0 saturated carbocycles. The van der Waals surface area contributed by atoms with E-state index in [-0.39, 0.29) is 0 Å². The molecular weight excluding hydrogens is 144 g/mol. The van der Waals surface area contributed by atoms with E-state index in [0.717, 1.165) is 0 Å². The van der Waals surface area contributed by atoms with Crippen LogP contribution in [0.1, 0.15) is 0 Å². The van der Waals surface area contributed by atoms with Gasteiger partial charge >= 0.3 is 0 Å². The maximum absolute atomic E-state index is 10.8. The maximum atomic E-state index is 10.8. The van der Waals surface area contributed by atoms with Crippen LogP contribution in [0.3, 0.4) is 0 Å². The van der Waals surface area contributed by atoms with Crippen molar-refractivity contribution in [1.82, 2.24) is 10.7 Å². The highest BCUT2D eigenvalue weighted by molar-refractivity contribution is 5.93. The molecule has 0 aromatic rings. The van der Waals surface area contributed by atoms with Crippen LogP contribution in [0, 0.1) is 0 Å². The summed E-state index contributed by atoms with van der Waals surface area (Å²) in [4.78, 5) is 14.6. The van der Waals surface area contributed by atoms with E-state index in [0.29, 0.717) is 5.70 Å². The Kier molecular flexibility index (Phi) is 2.40. The van der Waals surface area contributed by atoms with Crippen LogP contribution in [0.2, 0.25) is 0 Å². The van der Waals surface area contributed by atoms with E-state index >= 15 is 0 Å². The Morgan fingerprint density at radius 2 is 2.55 bits per heavy atom. The predicted octanol–water partition coefficient (Wildman–Crippen LogP) is -0.995. The van der Waals surface area contributed by atoms with Crippen LogP contribution in [0.25, 0.3) is 0 Å². The lowest BCUT2D eigenvalue weighted by molar-refractivity contribution is -0.117. The lowest BCUT2D eigenvalue weighted by Crippen LogP contribution is -2.34. The molecule has 0 unspecified atom stereocenters. The molecule has 1 rings (SSSR count). The zero-order valence-electron chi connectivity index (χ0n) is 5.74. The third kappa shape index (κ3) is 1.91. The number of nitrogens with one attached hydrogen (secondary N) is 2. The molecule has 0 atom stereocenters. The van der Waals surface area contributed by atoms with Gasteiger partial charge < -0.3 is 5.32 Å². The summed E-state index contributed by atoms with van der Waals surface area (Å²) in [5.74, 6) is 4.50. The highest BCUT2D eigenvalue weighted by atomic mass is 16.2. The van der Waals surface area contributed by atoms with Crippen LogP contribution >= 0.6 is 0 Å². The van der Waals surface area contributed by atoms with E-state index in [1.807, 2.05) is 5.43 Å². The first-order valence-corrected chi connectivity index (χ1v) is 3.00. The van der Waals surface area contributed by atoms with Gasteiger partial charge in [-0.05, 0) is 6.08 Å². The molecule has 1 aliphatic rings. The van der Waals surface area contributed by atoms with Crippen LogP contribution in [-0.4, -0.2) is 12.1 Å². The molecule has 4 N–H and O–H groups in total. The minimum atomic E-state index is -0.395. The minimum Gasteiger partial charge on any atom is -0.356 e. The fourth-order valence-corrected chi connectivity index (χ4v) is 0.587. The zero-order valence-corrected chi connectivity index (χ0v) is 5.74. The van der Waals surface area contributed by atoms with Gasteiger partial charge in [-0.15, -0.1) is 0 Å². The van der Waals surface area contributed by atoms with Crippen molar-refractivity contribution >= 4 is 12.1 Å². The van der Waals surface area contributed by atoms with Crippen LogP contribution in [0.4, 0.5) is 0 Å². The first-order chi connectivity index (χ1) is 5.34. The van der Waals surface area contributed by atoms with Gasteiger partial charge in [0.15, 0.2) is 0 Å². The van der Waals surface area contributed by atoms with E-state index in [9.17, 15) is 4.79 Å². The Bertz CT molecular complexity index is 241. The second kappa shape index (κ2) is 3.52. The summed E-state index contributed by atoms with van der Waals surface area (Å²) in [6.45, 7) is 0. The standard InChI is InChI=1S/C6H8N4O/c7-10-6(11)5-4-8-2-1-3-9-5/h1-4,9H,7H2,(H,10,11). The average molecular weight is 152 g/mol. The molecule has 0 radical (unpaired) electrons. The van der Waals surface area contributed by atoms with Gasteiger partial charge in [0.05, 0.1) is 6.20 Å². The largest absolute Gasteiger partial charge is 0.356 e. The molecule has 1 amide bonds. The summed E-state index contributed by atoms with van der Waals surface area (Å²) >= 11 is 0. The Hall–Kier alpha value is -1.62. The topological polar surface area (TPSA) is 79.5 Å². The predicted molar refractivity (Wildman–Crippen MR) is 41.2 cm³/mol. The molecule has 0 spiro atoms. The van der Waals surface area contributed by atoms with Crippen molar-refractivity contribution in [3.8, 4) is 0 Å². The molecule has 5 heteroatoms. The van der Waals surface area contributed by atoms with Gasteiger partial charge in [-0.2, -0.15) is 0 Å². The van der Waals surface area contributed by atoms with Crippen molar-refractivity contribution in [3.63, 3.8) is 0 Å². The van der Waals surface area contributed by atoms with E-state index in [1.165, 1.54) is 6.20 Å². The molecule has 1 aliphatic heterocycles. The summed E-state index contributed by atoms with van der Waals surface area (Å²) < 4.78 is 0. The normalized spacial score (nSPS) is 14.8. The lowest BCUT2D eigenvalue weighted by atomic mass is 10.4. The van der Waals surface area contributed by atoms with E-state index in [1.54, 1.807) is 18.5 Å². The molecule has 0 fully saturated rings. The molecule has 11 heavy (non-hydrogen) atoms. The monoisotopic (exact) mass is 152 g/mol. The number of amides is 1. The molecule has 0 aromatic carbocycles. The van der Waals surface area contributed by atoms with Crippen molar-refractivity contribution in [3.05, 3.63) is 24.2 Å². The molecule has 0 bridgehead atoms. The Morgan fingerprint density at radius 1 is 1.73 bits per heavy atom. The Labute approximate surface area is 63.6 Å². The van der Waals surface area contributed by atoms with Gasteiger partial charge in [0, 0.05) is 12.4 Å². The smallest absolute Gasteiger partial charge is 0.283 e. The van der Waals surface area contributed by atoms with Crippen molar-refractivity contribution in [2.45, 2.75) is 0 Å². The number of carbonyl (C=O) groups excluding carboxylic acids is 1. The summed E-state index contributed by atoms with van der Waals surface area (Å²) in [5, 5.41) is 2.70. The number of carbonyl (C=O) groups is 1. The van der Waals surface area contributed by atoms with Crippen LogP contribution in [0.5, 0.6) is 0 Å². The van der Waals surface area contributed by atoms with Crippen molar-refractivity contribution in [2.24, 2.45) is 10.8 Å². The molecule has 5 nitrogen and oxygen atoms in total. The first kappa shape index (κ1) is 7.49. The van der Waals surface area contributed by atoms with Gasteiger partial charge in [0.1, 0.15) is 5.70 Å². The molecule has 1 heterocycles. The van der Waals surface area contributed by atoms with Gasteiger partial charge in [-0.25, -0.2) is 5.84 Å². The van der Waals surface area contributed by atoms with E-state index in [2.05, 4.69) is 10.3 Å². The number of hydrazine groups is 1. The van der Waals surface area contributed by atoms with Crippen molar-refractivity contribution in [1.29, 1.82) is 0 Å². The summed E-state index contributed by atoms with van der Waals surface area (Å²) in [6, 6.07) is 0. The third-order valence-electron chi connectivity index (χ3n) is 1.09. The minimum absolute atomic E-state index is 0.317. The molecular formula is C6H8N4O. The number of hydrogen-bond acceptors (Lipinski definition) is 4. The number of rotatable bonds is 1. The Morgan fingerprint density at radius 3 is 3.27 bits per heavy atom. The second-order valence-electron chi connectivity index (χ2n) is 1.82. The molecule has 0 saturated heterocycles. The second-order valence-corrected chi connectivity index (χ2v) is 1.82. The summed E-state index contributed by atoms with van der Waals surface area (Å²) in [7, 11) is 0. The first-order valence-electron chi connectivity index (χ1n) is 3.00. The number of aliphatic imine (C=N–C) groups is 1. The maximum Gasteiger partial charge on any atom is 0.283 e. The highest BCUT2D eigenvalue weighted by Gasteiger charge is 2.04. The van der Waals surface area contributed by atoms with Gasteiger partial charge in [-0.1, -0.05) is 0 Å². The number of nitrogens with zero attached hydrogens (tertiary/aromatic N) is 1. The van der Waals surface area contributed by atoms with Crippen LogP contribution in [-0.2, 0) is 4.79 Å². The van der Waals surface area contributed by atoms with Gasteiger partial charge in [-0.3, -0.25) is 15.2 Å². The zero-order chi connectivity index (χ0) is 8.10. The number of allylic oxidation sites excluding steroid dienone is 1. The number of hydrogen-bond donors (Lipinski definition) is 3. The van der Waals surface area contributed by atoms with Gasteiger partial charge in [0.2, 0.25) is 0 Å². The molecule has 0 aromatic heterocycles. The van der Waals surface area contributed by atoms with E-state index < -0.39 is 5.91 Å². The fourth-order valence-electron chi connectivity index (χ4n) is 0.587. The molecule has 0 aliphatic carbocycles. The summed E-state index contributed by atoms with van der Waals surface area (Å²) in [6.07, 6.45) is 6.22. The highest BCUT2D eigenvalue weighted by Crippen LogP contribution is 1.91. The van der Waals surface area contributed by atoms with E-state index in [4.69, 9.17) is 5.84 Å². The quantitative estimate of drug-likeness (QED) is 0.256.